The minimum atomic E-state index is -3.54. The van der Waals surface area contributed by atoms with E-state index in [9.17, 15) is 22.4 Å². The molecule has 0 aliphatic carbocycles. The van der Waals surface area contributed by atoms with Crippen LogP contribution >= 0.6 is 0 Å². The predicted octanol–water partition coefficient (Wildman–Crippen LogP) is -0.270. The van der Waals surface area contributed by atoms with Crippen molar-refractivity contribution in [3.8, 4) is 0 Å². The third kappa shape index (κ3) is 3.89. The molecule has 1 rings (SSSR count). The van der Waals surface area contributed by atoms with E-state index in [1.807, 2.05) is 5.32 Å². The van der Waals surface area contributed by atoms with E-state index in [1.165, 1.54) is 0 Å². The average molecular weight is 310 g/mol. The van der Waals surface area contributed by atoms with Crippen molar-refractivity contribution >= 4 is 21.9 Å². The molecule has 0 aromatic carbocycles. The van der Waals surface area contributed by atoms with Crippen molar-refractivity contribution in [1.82, 2.24) is 9.62 Å². The van der Waals surface area contributed by atoms with Crippen molar-refractivity contribution in [2.45, 2.75) is 38.3 Å². The lowest BCUT2D eigenvalue weighted by Gasteiger charge is -2.24. The Morgan fingerprint density at radius 3 is 2.65 bits per heavy atom. The Morgan fingerprint density at radius 1 is 1.50 bits per heavy atom. The number of carbonyl (C=O) groups excluding carboxylic acids is 1. The number of carboxylic acids is 1. The van der Waals surface area contributed by atoms with Crippen LogP contribution in [0.1, 0.15) is 26.2 Å². The molecular formula is C11H19FN2O5S. The molecule has 1 saturated heterocycles. The molecule has 0 radical (unpaired) electrons. The summed E-state index contributed by atoms with van der Waals surface area (Å²) in [6, 6.07) is -2.58. The third-order valence-corrected chi connectivity index (χ3v) is 5.17. The maximum absolute atomic E-state index is 12.5. The molecule has 0 spiro atoms. The number of alkyl halides is 1. The zero-order chi connectivity index (χ0) is 15.3. The summed E-state index contributed by atoms with van der Waals surface area (Å²) in [5.41, 5.74) is 0. The Kier molecular flexibility index (Phi) is 5.88. The number of amides is 1. The van der Waals surface area contributed by atoms with Gasteiger partial charge in [-0.15, -0.1) is 0 Å². The second-order valence-electron chi connectivity index (χ2n) is 4.64. The van der Waals surface area contributed by atoms with Crippen molar-refractivity contribution in [3.05, 3.63) is 0 Å². The Hall–Kier alpha value is -1.22. The summed E-state index contributed by atoms with van der Waals surface area (Å²) in [4.78, 5) is 22.6. The summed E-state index contributed by atoms with van der Waals surface area (Å²) >= 11 is 0. The van der Waals surface area contributed by atoms with Gasteiger partial charge < -0.3 is 10.4 Å². The second kappa shape index (κ2) is 6.98. The maximum Gasteiger partial charge on any atom is 0.328 e. The van der Waals surface area contributed by atoms with Crippen molar-refractivity contribution in [2.24, 2.45) is 0 Å². The Balaban J connectivity index is 2.79. The Bertz CT molecular complexity index is 467. The van der Waals surface area contributed by atoms with Gasteiger partial charge in [-0.05, 0) is 19.3 Å². The highest BCUT2D eigenvalue weighted by atomic mass is 32.2. The second-order valence-corrected chi connectivity index (χ2v) is 6.68. The first-order valence-electron chi connectivity index (χ1n) is 6.42. The molecule has 1 fully saturated rings. The first kappa shape index (κ1) is 16.8. The van der Waals surface area contributed by atoms with Gasteiger partial charge in [-0.2, -0.15) is 4.31 Å². The molecule has 2 N–H and O–H groups in total. The zero-order valence-electron chi connectivity index (χ0n) is 11.2. The van der Waals surface area contributed by atoms with Crippen LogP contribution < -0.4 is 5.32 Å². The van der Waals surface area contributed by atoms with Crippen molar-refractivity contribution in [2.75, 3.05) is 19.0 Å². The number of sulfonamides is 1. The third-order valence-electron chi connectivity index (χ3n) is 3.09. The number of carbonyl (C=O) groups is 2. The van der Waals surface area contributed by atoms with Gasteiger partial charge in [-0.3, -0.25) is 4.79 Å². The van der Waals surface area contributed by atoms with Crippen LogP contribution in [0.2, 0.25) is 0 Å². The molecule has 0 aromatic rings. The highest BCUT2D eigenvalue weighted by molar-refractivity contribution is 7.89. The minimum absolute atomic E-state index is 0.0672. The van der Waals surface area contributed by atoms with E-state index in [4.69, 9.17) is 5.11 Å². The smallest absolute Gasteiger partial charge is 0.328 e. The number of rotatable bonds is 7. The minimum Gasteiger partial charge on any atom is -0.480 e. The van der Waals surface area contributed by atoms with E-state index in [1.54, 1.807) is 6.92 Å². The van der Waals surface area contributed by atoms with Crippen LogP contribution in [0.25, 0.3) is 0 Å². The highest BCUT2D eigenvalue weighted by Gasteiger charge is 2.39. The van der Waals surface area contributed by atoms with Crippen molar-refractivity contribution in [3.63, 3.8) is 0 Å². The van der Waals surface area contributed by atoms with Gasteiger partial charge in [0.15, 0.2) is 6.04 Å². The van der Waals surface area contributed by atoms with Crippen LogP contribution in [-0.4, -0.2) is 60.8 Å². The molecule has 116 valence electrons. The molecule has 1 heterocycles. The molecule has 1 amide bonds. The lowest BCUT2D eigenvalue weighted by Crippen LogP contribution is -2.51. The van der Waals surface area contributed by atoms with Gasteiger partial charge in [-0.1, -0.05) is 6.92 Å². The van der Waals surface area contributed by atoms with E-state index >= 15 is 0 Å². The van der Waals surface area contributed by atoms with Gasteiger partial charge in [0, 0.05) is 6.54 Å². The SMILES string of the molecule is CCCS(=O)(=O)N1CCCC1C(=O)NC(CF)C(=O)O. The summed E-state index contributed by atoms with van der Waals surface area (Å²) in [5, 5.41) is 10.7. The fourth-order valence-corrected chi connectivity index (χ4v) is 3.89. The molecule has 7 nitrogen and oxygen atoms in total. The monoisotopic (exact) mass is 310 g/mol. The largest absolute Gasteiger partial charge is 0.480 e. The molecule has 0 bridgehead atoms. The molecule has 9 heteroatoms. The molecule has 1 aliphatic heterocycles. The quantitative estimate of drug-likeness (QED) is 0.673. The topological polar surface area (TPSA) is 104 Å². The fourth-order valence-electron chi connectivity index (χ4n) is 2.14. The van der Waals surface area contributed by atoms with E-state index in [0.29, 0.717) is 19.3 Å². The van der Waals surface area contributed by atoms with Crippen LogP contribution in [-0.2, 0) is 19.6 Å². The van der Waals surface area contributed by atoms with Gasteiger partial charge in [0.25, 0.3) is 0 Å². The number of aliphatic carboxylic acids is 1. The van der Waals surface area contributed by atoms with Crippen LogP contribution in [0.3, 0.4) is 0 Å². The lowest BCUT2D eigenvalue weighted by molar-refractivity contribution is -0.142. The predicted molar refractivity (Wildman–Crippen MR) is 69.3 cm³/mol. The molecule has 1 aliphatic rings. The normalized spacial score (nSPS) is 21.6. The number of nitrogens with one attached hydrogen (secondary N) is 1. The summed E-state index contributed by atoms with van der Waals surface area (Å²) in [7, 11) is -3.54. The summed E-state index contributed by atoms with van der Waals surface area (Å²) in [6.45, 7) is 0.704. The lowest BCUT2D eigenvalue weighted by atomic mass is 10.2. The van der Waals surface area contributed by atoms with Crippen molar-refractivity contribution in [1.29, 1.82) is 0 Å². The molecular weight excluding hydrogens is 291 g/mol. The first-order chi connectivity index (χ1) is 9.33. The van der Waals surface area contributed by atoms with E-state index in [0.717, 1.165) is 4.31 Å². The van der Waals surface area contributed by atoms with E-state index < -0.39 is 40.7 Å². The molecule has 0 aromatic heterocycles. The van der Waals surface area contributed by atoms with Gasteiger partial charge in [0.05, 0.1) is 5.75 Å². The fraction of sp³-hybridized carbons (Fsp3) is 0.818. The Labute approximate surface area is 117 Å². The summed E-state index contributed by atoms with van der Waals surface area (Å²) < 4.78 is 37.6. The maximum atomic E-state index is 12.5. The number of hydrogen-bond donors (Lipinski definition) is 2. The van der Waals surface area contributed by atoms with Crippen LogP contribution in [0.15, 0.2) is 0 Å². The number of hydrogen-bond acceptors (Lipinski definition) is 4. The number of halogens is 1. The van der Waals surface area contributed by atoms with Gasteiger partial charge in [0.2, 0.25) is 15.9 Å². The average Bonchev–Trinajstić information content (AvgIpc) is 2.85. The number of nitrogens with zero attached hydrogens (tertiary/aromatic N) is 1. The first-order valence-corrected chi connectivity index (χ1v) is 8.03. The zero-order valence-corrected chi connectivity index (χ0v) is 12.0. The van der Waals surface area contributed by atoms with Gasteiger partial charge >= 0.3 is 5.97 Å². The van der Waals surface area contributed by atoms with Gasteiger partial charge in [0.1, 0.15) is 12.7 Å². The van der Waals surface area contributed by atoms with Crippen LogP contribution in [0, 0.1) is 0 Å². The molecule has 2 unspecified atom stereocenters. The molecule has 20 heavy (non-hydrogen) atoms. The van der Waals surface area contributed by atoms with E-state index in [2.05, 4.69) is 0 Å². The van der Waals surface area contributed by atoms with Crippen molar-refractivity contribution < 1.29 is 27.5 Å². The van der Waals surface area contributed by atoms with Crippen LogP contribution in [0.4, 0.5) is 4.39 Å². The summed E-state index contributed by atoms with van der Waals surface area (Å²) in [6.07, 6.45) is 1.26. The standard InChI is InChI=1S/C11H19FN2O5S/c1-2-6-20(18,19)14-5-3-4-9(14)10(15)13-8(7-12)11(16)17/h8-9H,2-7H2,1H3,(H,13,15)(H,16,17). The highest BCUT2D eigenvalue weighted by Crippen LogP contribution is 2.22. The van der Waals surface area contributed by atoms with Gasteiger partial charge in [-0.25, -0.2) is 17.6 Å². The molecule has 0 saturated carbocycles. The van der Waals surface area contributed by atoms with Crippen LogP contribution in [0.5, 0.6) is 0 Å². The van der Waals surface area contributed by atoms with E-state index in [-0.39, 0.29) is 12.3 Å². The Morgan fingerprint density at radius 2 is 2.15 bits per heavy atom. The molecule has 2 atom stereocenters. The summed E-state index contributed by atoms with van der Waals surface area (Å²) in [5.74, 6) is -2.31. The number of carboxylic acid groups (broad SMARTS) is 1.